The van der Waals surface area contributed by atoms with Crippen molar-refractivity contribution in [2.24, 2.45) is 5.92 Å². The molecule has 5 rings (SSSR count). The van der Waals surface area contributed by atoms with Gasteiger partial charge >= 0.3 is 0 Å². The van der Waals surface area contributed by atoms with Crippen LogP contribution in [0.5, 0.6) is 0 Å². The molecule has 6 heteroatoms. The van der Waals surface area contributed by atoms with E-state index in [1.54, 1.807) is 22.7 Å². The van der Waals surface area contributed by atoms with Crippen LogP contribution in [0.15, 0.2) is 47.2 Å². The van der Waals surface area contributed by atoms with Gasteiger partial charge in [0.1, 0.15) is 4.83 Å². The highest BCUT2D eigenvalue weighted by molar-refractivity contribution is 7.16. The number of aromatic nitrogens is 1. The van der Waals surface area contributed by atoms with Crippen molar-refractivity contribution >= 4 is 38.8 Å². The highest BCUT2D eigenvalue weighted by Gasteiger charge is 2.32. The van der Waals surface area contributed by atoms with Crippen LogP contribution in [0.1, 0.15) is 34.4 Å². The summed E-state index contributed by atoms with van der Waals surface area (Å²) in [7, 11) is 0. The molecule has 0 aliphatic carbocycles. The molecule has 166 valence electrons. The molecular formula is C26H29N3OS2. The van der Waals surface area contributed by atoms with E-state index in [4.69, 9.17) is 0 Å². The molecule has 1 atom stereocenters. The summed E-state index contributed by atoms with van der Waals surface area (Å²) < 4.78 is 0. The van der Waals surface area contributed by atoms with Crippen molar-refractivity contribution in [1.29, 1.82) is 0 Å². The normalized spacial score (nSPS) is 15.7. The van der Waals surface area contributed by atoms with Gasteiger partial charge in [-0.15, -0.1) is 22.7 Å². The monoisotopic (exact) mass is 463 g/mol. The van der Waals surface area contributed by atoms with E-state index < -0.39 is 0 Å². The summed E-state index contributed by atoms with van der Waals surface area (Å²) in [5, 5.41) is 8.76. The minimum absolute atomic E-state index is 0.105. The lowest BCUT2D eigenvalue weighted by Gasteiger charge is -2.38. The van der Waals surface area contributed by atoms with Crippen LogP contribution in [-0.2, 0) is 11.3 Å². The Kier molecular flexibility index (Phi) is 5.93. The summed E-state index contributed by atoms with van der Waals surface area (Å²) in [6.45, 7) is 9.82. The molecule has 2 N–H and O–H groups in total. The molecule has 1 aliphatic rings. The molecule has 32 heavy (non-hydrogen) atoms. The van der Waals surface area contributed by atoms with Crippen molar-refractivity contribution < 1.29 is 4.79 Å². The van der Waals surface area contributed by atoms with Gasteiger partial charge in [0.15, 0.2) is 0 Å². The highest BCUT2D eigenvalue weighted by Crippen LogP contribution is 2.38. The van der Waals surface area contributed by atoms with Crippen LogP contribution in [0.3, 0.4) is 0 Å². The number of benzene rings is 1. The van der Waals surface area contributed by atoms with E-state index in [0.717, 1.165) is 19.6 Å². The van der Waals surface area contributed by atoms with Gasteiger partial charge in [-0.05, 0) is 60.0 Å². The van der Waals surface area contributed by atoms with Gasteiger partial charge in [0.2, 0.25) is 5.91 Å². The van der Waals surface area contributed by atoms with Crippen molar-refractivity contribution in [3.05, 3.63) is 68.7 Å². The first kappa shape index (κ1) is 21.4. The van der Waals surface area contributed by atoms with Crippen LogP contribution in [0.25, 0.3) is 21.5 Å². The van der Waals surface area contributed by atoms with Crippen molar-refractivity contribution in [1.82, 2.24) is 15.2 Å². The summed E-state index contributed by atoms with van der Waals surface area (Å²) in [6.07, 6.45) is 0. The molecule has 0 radical (unpaired) electrons. The number of hydrogen-bond donors (Lipinski definition) is 2. The number of aromatic amines is 1. The van der Waals surface area contributed by atoms with Crippen LogP contribution in [0, 0.1) is 19.8 Å². The lowest BCUT2D eigenvalue weighted by molar-refractivity contribution is -0.130. The third-order valence-electron chi connectivity index (χ3n) is 6.34. The summed E-state index contributed by atoms with van der Waals surface area (Å²) in [4.78, 5) is 21.3. The zero-order valence-corrected chi connectivity index (χ0v) is 20.4. The molecule has 1 fully saturated rings. The second-order valence-electron chi connectivity index (χ2n) is 9.07. The molecular weight excluding hydrogens is 434 g/mol. The number of thiophene rings is 2. The topological polar surface area (TPSA) is 48.1 Å². The molecule has 4 aromatic rings. The molecule has 1 saturated heterocycles. The number of likely N-dealkylation sites (tertiary alicyclic amines) is 1. The van der Waals surface area contributed by atoms with Gasteiger partial charge in [-0.1, -0.05) is 30.2 Å². The minimum atomic E-state index is 0.105. The second kappa shape index (κ2) is 8.85. The Morgan fingerprint density at radius 3 is 2.66 bits per heavy atom. The Labute approximate surface area is 197 Å². The predicted molar refractivity (Wildman–Crippen MR) is 136 cm³/mol. The SMILES string of the molecule is Cc1cc(C)cc(-c2[nH]c3sccc3c2[C@H](C)CNC(=O)C2CN(Cc3cccs3)C2)c1. The number of hydrogen-bond acceptors (Lipinski definition) is 4. The van der Waals surface area contributed by atoms with Crippen molar-refractivity contribution in [2.75, 3.05) is 19.6 Å². The number of nitrogens with one attached hydrogen (secondary N) is 2. The first-order valence-electron chi connectivity index (χ1n) is 11.2. The maximum atomic E-state index is 12.8. The van der Waals surface area contributed by atoms with Crippen LogP contribution >= 0.6 is 22.7 Å². The van der Waals surface area contributed by atoms with Gasteiger partial charge < -0.3 is 10.3 Å². The first-order chi connectivity index (χ1) is 15.5. The maximum absolute atomic E-state index is 12.8. The largest absolute Gasteiger partial charge is 0.355 e. The van der Waals surface area contributed by atoms with Gasteiger partial charge in [0.25, 0.3) is 0 Å². The maximum Gasteiger partial charge on any atom is 0.225 e. The number of fused-ring (bicyclic) bond motifs is 1. The van der Waals surface area contributed by atoms with E-state index in [0.29, 0.717) is 6.54 Å². The number of aryl methyl sites for hydroxylation is 2. The fraction of sp³-hybridized carbons (Fsp3) is 0.346. The minimum Gasteiger partial charge on any atom is -0.355 e. The molecule has 0 saturated carbocycles. The third kappa shape index (κ3) is 4.27. The summed E-state index contributed by atoms with van der Waals surface area (Å²) in [5.74, 6) is 0.512. The average Bonchev–Trinajstić information content (AvgIpc) is 3.44. The second-order valence-corrected chi connectivity index (χ2v) is 11.0. The van der Waals surface area contributed by atoms with Crippen molar-refractivity contribution in [3.63, 3.8) is 0 Å². The fourth-order valence-corrected chi connectivity index (χ4v) is 6.33. The van der Waals surface area contributed by atoms with E-state index in [2.05, 4.69) is 83.1 Å². The Hall–Kier alpha value is -2.41. The fourth-order valence-electron chi connectivity index (χ4n) is 4.78. The first-order valence-corrected chi connectivity index (χ1v) is 12.9. The van der Waals surface area contributed by atoms with E-state index >= 15 is 0 Å². The molecule has 4 nitrogen and oxygen atoms in total. The van der Waals surface area contributed by atoms with Gasteiger partial charge in [-0.3, -0.25) is 9.69 Å². The third-order valence-corrected chi connectivity index (χ3v) is 8.03. The Morgan fingerprint density at radius 1 is 1.16 bits per heavy atom. The van der Waals surface area contributed by atoms with Crippen molar-refractivity contribution in [3.8, 4) is 11.3 Å². The molecule has 0 spiro atoms. The smallest absolute Gasteiger partial charge is 0.225 e. The van der Waals surface area contributed by atoms with Gasteiger partial charge in [0, 0.05) is 42.4 Å². The van der Waals surface area contributed by atoms with E-state index in [1.165, 1.54) is 43.0 Å². The van der Waals surface area contributed by atoms with Crippen molar-refractivity contribution in [2.45, 2.75) is 33.2 Å². The number of nitrogens with zero attached hydrogens (tertiary/aromatic N) is 1. The van der Waals surface area contributed by atoms with Crippen LogP contribution in [0.2, 0.25) is 0 Å². The molecule has 1 aromatic carbocycles. The lowest BCUT2D eigenvalue weighted by Crippen LogP contribution is -2.53. The summed E-state index contributed by atoms with van der Waals surface area (Å²) in [6, 6.07) is 13.1. The average molecular weight is 464 g/mol. The molecule has 1 amide bonds. The number of H-pyrrole nitrogens is 1. The predicted octanol–water partition coefficient (Wildman–Crippen LogP) is 5.93. The number of rotatable bonds is 7. The lowest BCUT2D eigenvalue weighted by atomic mass is 9.93. The highest BCUT2D eigenvalue weighted by atomic mass is 32.1. The molecule has 4 heterocycles. The number of carbonyl (C=O) groups is 1. The Balaban J connectivity index is 1.26. The van der Waals surface area contributed by atoms with Gasteiger partial charge in [0.05, 0.1) is 11.6 Å². The van der Waals surface area contributed by atoms with Gasteiger partial charge in [-0.25, -0.2) is 0 Å². The molecule has 3 aromatic heterocycles. The molecule has 0 unspecified atom stereocenters. The summed E-state index contributed by atoms with van der Waals surface area (Å²) >= 11 is 3.52. The molecule has 0 bridgehead atoms. The van der Waals surface area contributed by atoms with Crippen LogP contribution < -0.4 is 5.32 Å². The van der Waals surface area contributed by atoms with E-state index in [9.17, 15) is 4.79 Å². The Morgan fingerprint density at radius 2 is 1.94 bits per heavy atom. The zero-order chi connectivity index (χ0) is 22.2. The zero-order valence-electron chi connectivity index (χ0n) is 18.8. The standard InChI is InChI=1S/C26H29N3OS2/c1-16-9-17(2)11-19(10-16)24-23(22-6-8-32-26(22)28-24)18(3)12-27-25(30)20-13-29(14-20)15-21-5-4-7-31-21/h4-11,18,20,28H,12-15H2,1-3H3,(H,27,30)/t18-/m1/s1. The summed E-state index contributed by atoms with van der Waals surface area (Å²) in [5.41, 5.74) is 6.25. The number of carbonyl (C=O) groups excluding carboxylic acids is 1. The van der Waals surface area contributed by atoms with E-state index in [1.807, 2.05) is 0 Å². The Bertz CT molecular complexity index is 1210. The van der Waals surface area contributed by atoms with E-state index in [-0.39, 0.29) is 17.7 Å². The number of amides is 1. The molecule has 1 aliphatic heterocycles. The quantitative estimate of drug-likeness (QED) is 0.357. The van der Waals surface area contributed by atoms with Crippen LogP contribution in [-0.4, -0.2) is 35.4 Å². The van der Waals surface area contributed by atoms with Gasteiger partial charge in [-0.2, -0.15) is 0 Å². The van der Waals surface area contributed by atoms with Crippen LogP contribution in [0.4, 0.5) is 0 Å².